The first kappa shape index (κ1) is 14.4. The molecule has 106 valence electrons. The Morgan fingerprint density at radius 3 is 2.32 bits per heavy atom. The predicted molar refractivity (Wildman–Crippen MR) is 80.5 cm³/mol. The summed E-state index contributed by atoms with van der Waals surface area (Å²) in [5.41, 5.74) is 1.38. The second kappa shape index (κ2) is 6.42. The highest BCUT2D eigenvalue weighted by molar-refractivity contribution is 5.29. The van der Waals surface area contributed by atoms with Gasteiger partial charge >= 0.3 is 0 Å². The first-order valence-electron chi connectivity index (χ1n) is 7.47. The van der Waals surface area contributed by atoms with Crippen LogP contribution in [-0.4, -0.2) is 14.2 Å². The number of benzene rings is 1. The highest BCUT2D eigenvalue weighted by Gasteiger charge is 2.30. The molecule has 0 spiro atoms. The fraction of sp³-hybridized carbons (Fsp3) is 0.647. The smallest absolute Gasteiger partial charge is 0.118 e. The van der Waals surface area contributed by atoms with Crippen LogP contribution in [0.15, 0.2) is 24.3 Å². The van der Waals surface area contributed by atoms with Crippen LogP contribution in [0.25, 0.3) is 0 Å². The van der Waals surface area contributed by atoms with Crippen LogP contribution in [0.5, 0.6) is 5.75 Å². The van der Waals surface area contributed by atoms with Crippen LogP contribution in [0, 0.1) is 17.8 Å². The van der Waals surface area contributed by atoms with E-state index in [1.807, 2.05) is 0 Å². The summed E-state index contributed by atoms with van der Waals surface area (Å²) in [6.07, 6.45) is 4.03. The lowest BCUT2D eigenvalue weighted by Crippen LogP contribution is -2.31. The topological polar surface area (TPSA) is 21.3 Å². The molecule has 0 saturated heterocycles. The lowest BCUT2D eigenvalue weighted by molar-refractivity contribution is 0.174. The maximum absolute atomic E-state index is 5.24. The minimum Gasteiger partial charge on any atom is -0.497 e. The Bertz CT molecular complexity index is 387. The summed E-state index contributed by atoms with van der Waals surface area (Å²) in [4.78, 5) is 0. The van der Waals surface area contributed by atoms with Gasteiger partial charge in [-0.2, -0.15) is 0 Å². The van der Waals surface area contributed by atoms with E-state index in [-0.39, 0.29) is 0 Å². The highest BCUT2D eigenvalue weighted by Crippen LogP contribution is 2.39. The van der Waals surface area contributed by atoms with Crippen molar-refractivity contribution in [2.75, 3.05) is 14.2 Å². The summed E-state index contributed by atoms with van der Waals surface area (Å²) in [5.74, 6) is 3.41. The van der Waals surface area contributed by atoms with Crippen LogP contribution >= 0.6 is 0 Å². The van der Waals surface area contributed by atoms with E-state index >= 15 is 0 Å². The van der Waals surface area contributed by atoms with Crippen LogP contribution in [-0.2, 0) is 0 Å². The molecular weight excluding hydrogens is 234 g/mol. The number of hydrogen-bond donors (Lipinski definition) is 1. The zero-order valence-corrected chi connectivity index (χ0v) is 12.6. The van der Waals surface area contributed by atoms with Crippen LogP contribution in [0.2, 0.25) is 0 Å². The van der Waals surface area contributed by atoms with Crippen LogP contribution in [0.3, 0.4) is 0 Å². The van der Waals surface area contributed by atoms with Crippen LogP contribution in [0.1, 0.15) is 44.7 Å². The first-order chi connectivity index (χ1) is 9.15. The number of nitrogens with one attached hydrogen (secondary N) is 1. The fourth-order valence-electron chi connectivity index (χ4n) is 3.38. The second-order valence-electron chi connectivity index (χ2n) is 6.07. The Balaban J connectivity index is 2.10. The molecule has 1 aromatic rings. The average Bonchev–Trinajstić information content (AvgIpc) is 2.44. The van der Waals surface area contributed by atoms with Crippen molar-refractivity contribution < 1.29 is 4.74 Å². The molecule has 4 atom stereocenters. The van der Waals surface area contributed by atoms with E-state index in [4.69, 9.17) is 4.74 Å². The van der Waals surface area contributed by atoms with E-state index in [0.717, 1.165) is 23.5 Å². The van der Waals surface area contributed by atoms with Gasteiger partial charge in [-0.1, -0.05) is 32.4 Å². The van der Waals surface area contributed by atoms with Crippen molar-refractivity contribution >= 4 is 0 Å². The lowest BCUT2D eigenvalue weighted by atomic mass is 9.72. The Morgan fingerprint density at radius 1 is 1.11 bits per heavy atom. The van der Waals surface area contributed by atoms with Gasteiger partial charge in [-0.15, -0.1) is 0 Å². The average molecular weight is 261 g/mol. The monoisotopic (exact) mass is 261 g/mol. The molecule has 0 aromatic heterocycles. The third kappa shape index (κ3) is 3.30. The predicted octanol–water partition coefficient (Wildman–Crippen LogP) is 4.03. The highest BCUT2D eigenvalue weighted by atomic mass is 16.5. The van der Waals surface area contributed by atoms with E-state index in [2.05, 4.69) is 50.5 Å². The molecule has 0 amide bonds. The third-order valence-electron chi connectivity index (χ3n) is 4.90. The molecule has 4 unspecified atom stereocenters. The SMILES string of the molecule is CNC(c1ccc(OC)cc1)C1CCC(C)C(C)C1. The molecule has 2 rings (SSSR count). The molecule has 1 aliphatic rings. The third-order valence-corrected chi connectivity index (χ3v) is 4.90. The van der Waals surface area contributed by atoms with E-state index < -0.39 is 0 Å². The summed E-state index contributed by atoms with van der Waals surface area (Å²) in [5, 5.41) is 3.52. The molecule has 0 radical (unpaired) electrons. The molecule has 0 bridgehead atoms. The largest absolute Gasteiger partial charge is 0.497 e. The Morgan fingerprint density at radius 2 is 1.79 bits per heavy atom. The quantitative estimate of drug-likeness (QED) is 0.883. The van der Waals surface area contributed by atoms with Crippen LogP contribution in [0.4, 0.5) is 0 Å². The second-order valence-corrected chi connectivity index (χ2v) is 6.07. The van der Waals surface area contributed by atoms with Crippen LogP contribution < -0.4 is 10.1 Å². The molecular formula is C17H27NO. The van der Waals surface area contributed by atoms with Gasteiger partial charge in [0.2, 0.25) is 0 Å². The molecule has 1 aromatic carbocycles. The number of hydrogen-bond acceptors (Lipinski definition) is 2. The van der Waals surface area contributed by atoms with Gasteiger partial charge < -0.3 is 10.1 Å². The van der Waals surface area contributed by atoms with Crippen molar-refractivity contribution in [1.82, 2.24) is 5.32 Å². The van der Waals surface area contributed by atoms with Crippen molar-refractivity contribution in [2.45, 2.75) is 39.2 Å². The molecule has 19 heavy (non-hydrogen) atoms. The van der Waals surface area contributed by atoms with Crippen molar-refractivity contribution in [3.05, 3.63) is 29.8 Å². The first-order valence-corrected chi connectivity index (χ1v) is 7.47. The minimum atomic E-state index is 0.473. The van der Waals surface area contributed by atoms with Gasteiger partial charge in [0.15, 0.2) is 0 Å². The maximum Gasteiger partial charge on any atom is 0.118 e. The number of ether oxygens (including phenoxy) is 1. The van der Waals surface area contributed by atoms with Gasteiger partial charge in [-0.3, -0.25) is 0 Å². The summed E-state index contributed by atoms with van der Waals surface area (Å²) in [6.45, 7) is 4.79. The van der Waals surface area contributed by atoms with E-state index in [9.17, 15) is 0 Å². The fourth-order valence-corrected chi connectivity index (χ4v) is 3.38. The summed E-state index contributed by atoms with van der Waals surface area (Å²) < 4.78 is 5.24. The summed E-state index contributed by atoms with van der Waals surface area (Å²) in [6, 6.07) is 9.00. The minimum absolute atomic E-state index is 0.473. The van der Waals surface area contributed by atoms with Gasteiger partial charge in [-0.05, 0) is 55.3 Å². The van der Waals surface area contributed by atoms with Crippen molar-refractivity contribution in [1.29, 1.82) is 0 Å². The van der Waals surface area contributed by atoms with Crippen molar-refractivity contribution in [3.63, 3.8) is 0 Å². The van der Waals surface area contributed by atoms with Gasteiger partial charge in [0.25, 0.3) is 0 Å². The number of rotatable bonds is 4. The van der Waals surface area contributed by atoms with E-state index in [0.29, 0.717) is 6.04 Å². The molecule has 0 heterocycles. The molecule has 0 aliphatic heterocycles. The molecule has 1 saturated carbocycles. The summed E-state index contributed by atoms with van der Waals surface area (Å²) >= 11 is 0. The Hall–Kier alpha value is -1.02. The molecule has 1 fully saturated rings. The standard InChI is InChI=1S/C17H27NO/c1-12-5-6-15(11-13(12)2)17(18-3)14-7-9-16(19-4)10-8-14/h7-10,12-13,15,17-18H,5-6,11H2,1-4H3. The van der Waals surface area contributed by atoms with Gasteiger partial charge in [0.1, 0.15) is 5.75 Å². The summed E-state index contributed by atoms with van der Waals surface area (Å²) in [7, 11) is 3.80. The Labute approximate surface area is 117 Å². The van der Waals surface area contributed by atoms with Gasteiger partial charge in [0, 0.05) is 6.04 Å². The molecule has 1 aliphatic carbocycles. The van der Waals surface area contributed by atoms with Gasteiger partial charge in [0.05, 0.1) is 7.11 Å². The van der Waals surface area contributed by atoms with Crippen molar-refractivity contribution in [2.24, 2.45) is 17.8 Å². The maximum atomic E-state index is 5.24. The molecule has 2 heteroatoms. The normalized spacial score (nSPS) is 28.9. The number of methoxy groups -OCH3 is 1. The van der Waals surface area contributed by atoms with Crippen molar-refractivity contribution in [3.8, 4) is 5.75 Å². The van der Waals surface area contributed by atoms with E-state index in [1.54, 1.807) is 7.11 Å². The zero-order chi connectivity index (χ0) is 13.8. The van der Waals surface area contributed by atoms with E-state index in [1.165, 1.54) is 24.8 Å². The zero-order valence-electron chi connectivity index (χ0n) is 12.6. The molecule has 2 nitrogen and oxygen atoms in total. The lowest BCUT2D eigenvalue weighted by Gasteiger charge is -2.37. The molecule has 1 N–H and O–H groups in total. The van der Waals surface area contributed by atoms with Gasteiger partial charge in [-0.25, -0.2) is 0 Å². The Kier molecular flexibility index (Phi) is 4.87.